The van der Waals surface area contributed by atoms with Gasteiger partial charge in [0.25, 0.3) is 0 Å². The van der Waals surface area contributed by atoms with Gasteiger partial charge in [0.15, 0.2) is 0 Å². The van der Waals surface area contributed by atoms with Crippen LogP contribution in [0.3, 0.4) is 0 Å². The first-order chi connectivity index (χ1) is 28.0. The Hall–Kier alpha value is -6.66. The van der Waals surface area contributed by atoms with Gasteiger partial charge in [0.1, 0.15) is 27.9 Å². The monoisotopic (exact) mass is 751 g/mol. The smallest absolute Gasteiger partial charge is 0.247 e. The summed E-state index contributed by atoms with van der Waals surface area (Å²) >= 11 is 0. The molecule has 0 atom stereocenters. The van der Waals surface area contributed by atoms with Crippen LogP contribution in [0.2, 0.25) is 0 Å². The molecule has 1 N–H and O–H groups in total. The molecule has 11 aromatic rings. The minimum Gasteiger partial charge on any atom is -0.469 e. The Morgan fingerprint density at radius 3 is 1.83 bits per heavy atom. The van der Waals surface area contributed by atoms with Crippen LogP contribution in [-0.4, -0.2) is 11.8 Å². The summed E-state index contributed by atoms with van der Waals surface area (Å²) < 4.78 is 22.3. The average Bonchev–Trinajstić information content (AvgIpc) is 3.95. The maximum Gasteiger partial charge on any atom is 0.247 e. The van der Waals surface area contributed by atoms with Crippen molar-refractivity contribution in [1.82, 2.24) is 4.57 Å². The summed E-state index contributed by atoms with van der Waals surface area (Å²) in [5.74, 6) is 0. The Kier molecular flexibility index (Phi) is 6.63. The van der Waals surface area contributed by atoms with Crippen molar-refractivity contribution < 1.29 is 13.3 Å². The number of hydrogen-bond acceptors (Lipinski definition) is 4. The van der Waals surface area contributed by atoms with E-state index in [0.29, 0.717) is 0 Å². The van der Waals surface area contributed by atoms with E-state index in [2.05, 4.69) is 168 Å². The van der Waals surface area contributed by atoms with Crippen LogP contribution in [0.5, 0.6) is 0 Å². The lowest BCUT2D eigenvalue weighted by Gasteiger charge is -2.22. The predicted octanol–water partition coefficient (Wildman–Crippen LogP) is 13.3. The Labute approximate surface area is 336 Å². The summed E-state index contributed by atoms with van der Waals surface area (Å²) in [4.78, 5) is 0. The molecule has 0 unspecified atom stereocenters. The molecule has 0 amide bonds. The highest BCUT2D eigenvalue weighted by Crippen LogP contribution is 2.44. The van der Waals surface area contributed by atoms with Gasteiger partial charge in [-0.2, -0.15) is 0 Å². The molecular formula is C52H40BN2O3. The minimum absolute atomic E-state index is 0.0251. The first-order valence-corrected chi connectivity index (χ1v) is 20.2. The van der Waals surface area contributed by atoms with Crippen molar-refractivity contribution >= 4 is 106 Å². The van der Waals surface area contributed by atoms with Crippen molar-refractivity contribution in [3.63, 3.8) is 0 Å². The highest BCUT2D eigenvalue weighted by atomic mass is 16.3. The van der Waals surface area contributed by atoms with Crippen molar-refractivity contribution in [3.8, 4) is 16.8 Å². The lowest BCUT2D eigenvalue weighted by Crippen LogP contribution is -2.36. The van der Waals surface area contributed by atoms with Crippen LogP contribution in [0.25, 0.3) is 93.5 Å². The molecule has 1 aliphatic rings. The minimum atomic E-state index is -0.0251. The maximum absolute atomic E-state index is 6.84. The normalized spacial score (nSPS) is 13.1. The molecule has 1 aliphatic heterocycles. The van der Waals surface area contributed by atoms with Crippen molar-refractivity contribution in [2.45, 2.75) is 52.4 Å². The van der Waals surface area contributed by atoms with Crippen LogP contribution in [0.4, 0.5) is 11.4 Å². The topological polar surface area (TPSA) is 56.4 Å². The average molecular weight is 752 g/mol. The standard InChI is InChI=1S/C52H40BN2O3/c1-51(2,3)28-15-18-30(19-16-28)54-40-26-45-37(31-11-7-9-13-42(31)56-45)24-35(40)33-20-21-34-36-25-38-32-12-8-10-14-43(32)57-46(38)27-41(36)55-48(34)47(33)53-50-49(55)39-23-29(52(4,5)6)17-22-44(39)58-50/h7-27,54H,1-6H3. The molecule has 279 valence electrons. The first-order valence-electron chi connectivity index (χ1n) is 20.2. The lowest BCUT2D eigenvalue weighted by atomic mass is 9.62. The van der Waals surface area contributed by atoms with Crippen molar-refractivity contribution in [2.24, 2.45) is 0 Å². The van der Waals surface area contributed by atoms with Crippen LogP contribution in [0.15, 0.2) is 141 Å². The number of nitrogens with zero attached hydrogens (tertiary/aromatic N) is 1. The zero-order valence-corrected chi connectivity index (χ0v) is 33.4. The fourth-order valence-electron chi connectivity index (χ4n) is 9.30. The van der Waals surface area contributed by atoms with E-state index in [4.69, 9.17) is 13.3 Å². The van der Waals surface area contributed by atoms with E-state index in [1.165, 1.54) is 21.9 Å². The van der Waals surface area contributed by atoms with Gasteiger partial charge < -0.3 is 23.1 Å². The molecule has 0 aliphatic carbocycles. The maximum atomic E-state index is 6.84. The van der Waals surface area contributed by atoms with Gasteiger partial charge in [-0.05, 0) is 81.5 Å². The summed E-state index contributed by atoms with van der Waals surface area (Å²) in [6, 6.07) is 45.7. The van der Waals surface area contributed by atoms with Gasteiger partial charge in [0.2, 0.25) is 7.28 Å². The molecule has 12 rings (SSSR count). The number of hydrogen-bond donors (Lipinski definition) is 1. The second-order valence-electron chi connectivity index (χ2n) is 18.1. The summed E-state index contributed by atoms with van der Waals surface area (Å²) in [5, 5.41) is 11.7. The van der Waals surface area contributed by atoms with Crippen LogP contribution in [0, 0.1) is 0 Å². The van der Waals surface area contributed by atoms with Gasteiger partial charge >= 0.3 is 0 Å². The number of nitrogens with one attached hydrogen (secondary N) is 1. The second kappa shape index (κ2) is 11.5. The van der Waals surface area contributed by atoms with Crippen LogP contribution in [0.1, 0.15) is 52.7 Å². The number of anilines is 2. The molecule has 58 heavy (non-hydrogen) atoms. The van der Waals surface area contributed by atoms with E-state index < -0.39 is 0 Å². The zero-order chi connectivity index (χ0) is 39.2. The fourth-order valence-corrected chi connectivity index (χ4v) is 9.30. The van der Waals surface area contributed by atoms with E-state index in [9.17, 15) is 0 Å². The second-order valence-corrected chi connectivity index (χ2v) is 18.1. The number of benzene rings is 7. The van der Waals surface area contributed by atoms with Crippen LogP contribution < -0.4 is 16.4 Å². The van der Waals surface area contributed by atoms with Crippen molar-refractivity contribution in [3.05, 3.63) is 139 Å². The van der Waals surface area contributed by atoms with E-state index in [0.717, 1.165) is 105 Å². The highest BCUT2D eigenvalue weighted by molar-refractivity contribution is 6.73. The molecular weight excluding hydrogens is 711 g/mol. The molecule has 5 heterocycles. The van der Waals surface area contributed by atoms with Gasteiger partial charge in [0.05, 0.1) is 22.6 Å². The Balaban J connectivity index is 1.16. The Morgan fingerprint density at radius 1 is 0.483 bits per heavy atom. The molecule has 0 spiro atoms. The summed E-state index contributed by atoms with van der Waals surface area (Å²) in [7, 11) is 2.27. The molecule has 7 aromatic carbocycles. The fraction of sp³-hybridized carbons (Fsp3) is 0.154. The van der Waals surface area contributed by atoms with Gasteiger partial charge in [-0.15, -0.1) is 0 Å². The third-order valence-electron chi connectivity index (χ3n) is 12.4. The summed E-state index contributed by atoms with van der Waals surface area (Å²) in [5.41, 5.74) is 16.4. The predicted molar refractivity (Wildman–Crippen MR) is 243 cm³/mol. The Morgan fingerprint density at radius 2 is 1.12 bits per heavy atom. The first kappa shape index (κ1) is 33.5. The third kappa shape index (κ3) is 4.78. The van der Waals surface area contributed by atoms with Crippen LogP contribution in [-0.2, 0) is 10.8 Å². The van der Waals surface area contributed by atoms with Gasteiger partial charge in [-0.3, -0.25) is 0 Å². The lowest BCUT2D eigenvalue weighted by molar-refractivity contribution is 0.590. The van der Waals surface area contributed by atoms with Crippen LogP contribution >= 0.6 is 0 Å². The van der Waals surface area contributed by atoms with Gasteiger partial charge in [-0.1, -0.05) is 108 Å². The van der Waals surface area contributed by atoms with Crippen molar-refractivity contribution in [1.29, 1.82) is 0 Å². The molecule has 0 saturated carbocycles. The molecule has 4 aromatic heterocycles. The summed E-state index contributed by atoms with van der Waals surface area (Å²) in [6.07, 6.45) is 0. The number of aromatic nitrogens is 1. The SMILES string of the molecule is CC(C)(C)c1ccc(Nc2cc3oc4ccccc4c3cc2-c2ccc3c4cc5c(cc4n4c3c2[B]c2oc3ccc(C(C)(C)C)cc3c2-4)oc2ccccc25)cc1. The van der Waals surface area contributed by atoms with E-state index in [-0.39, 0.29) is 10.8 Å². The Bertz CT molecular complexity index is 3530. The molecule has 1 radical (unpaired) electrons. The summed E-state index contributed by atoms with van der Waals surface area (Å²) in [6.45, 7) is 13.5. The van der Waals surface area contributed by atoms with Gasteiger partial charge in [-0.25, -0.2) is 0 Å². The number of para-hydroxylation sites is 2. The molecule has 6 heteroatoms. The largest absolute Gasteiger partial charge is 0.469 e. The number of fused-ring (bicyclic) bond motifs is 13. The zero-order valence-electron chi connectivity index (χ0n) is 33.4. The van der Waals surface area contributed by atoms with E-state index >= 15 is 0 Å². The quantitative estimate of drug-likeness (QED) is 0.183. The molecule has 0 saturated heterocycles. The molecule has 0 fully saturated rings. The number of rotatable bonds is 3. The molecule has 0 bridgehead atoms. The number of furan rings is 3. The van der Waals surface area contributed by atoms with Gasteiger partial charge in [0, 0.05) is 66.6 Å². The van der Waals surface area contributed by atoms with E-state index in [1.807, 2.05) is 18.2 Å². The third-order valence-corrected chi connectivity index (χ3v) is 12.4. The highest BCUT2D eigenvalue weighted by Gasteiger charge is 2.32. The van der Waals surface area contributed by atoms with Crippen molar-refractivity contribution in [2.75, 3.05) is 5.32 Å². The molecule has 5 nitrogen and oxygen atoms in total. The van der Waals surface area contributed by atoms with E-state index in [1.54, 1.807) is 0 Å².